The molecule has 130 valence electrons. The van der Waals surface area contributed by atoms with E-state index in [1.807, 2.05) is 59.5 Å². The summed E-state index contributed by atoms with van der Waals surface area (Å²) in [6.07, 6.45) is 0.919. The summed E-state index contributed by atoms with van der Waals surface area (Å²) in [7, 11) is 0. The number of anilines is 1. The van der Waals surface area contributed by atoms with E-state index in [1.165, 1.54) is 17.3 Å². The number of halogens is 1. The molecule has 0 radical (unpaired) electrons. The molecular formula is C20H16ClN3OS. The van der Waals surface area contributed by atoms with Crippen LogP contribution in [-0.2, 0) is 11.2 Å². The predicted molar refractivity (Wildman–Crippen MR) is 106 cm³/mol. The summed E-state index contributed by atoms with van der Waals surface area (Å²) < 4.78 is 0. The van der Waals surface area contributed by atoms with Crippen LogP contribution in [0.2, 0.25) is 5.02 Å². The fourth-order valence-corrected chi connectivity index (χ4v) is 3.80. The lowest BCUT2D eigenvalue weighted by atomic mass is 10.1. The lowest BCUT2D eigenvalue weighted by Gasteiger charge is -2.16. The van der Waals surface area contributed by atoms with Crippen molar-refractivity contribution in [1.29, 1.82) is 0 Å². The molecule has 1 aliphatic rings. The molecule has 26 heavy (non-hydrogen) atoms. The van der Waals surface area contributed by atoms with E-state index in [9.17, 15) is 4.79 Å². The van der Waals surface area contributed by atoms with Gasteiger partial charge in [-0.1, -0.05) is 53.7 Å². The minimum atomic E-state index is 0.100. The van der Waals surface area contributed by atoms with Crippen LogP contribution in [0.15, 0.2) is 65.7 Å². The highest BCUT2D eigenvalue weighted by Crippen LogP contribution is 2.29. The molecule has 0 bridgehead atoms. The number of fused-ring (bicyclic) bond motifs is 1. The average Bonchev–Trinajstić information content (AvgIpc) is 3.11. The minimum Gasteiger partial charge on any atom is -0.311 e. The van der Waals surface area contributed by atoms with Crippen molar-refractivity contribution >= 4 is 35.0 Å². The predicted octanol–water partition coefficient (Wildman–Crippen LogP) is 4.48. The Morgan fingerprint density at radius 1 is 1.04 bits per heavy atom. The van der Waals surface area contributed by atoms with Gasteiger partial charge in [-0.25, -0.2) is 0 Å². The Kier molecular flexibility index (Phi) is 4.91. The van der Waals surface area contributed by atoms with E-state index in [4.69, 9.17) is 11.6 Å². The second-order valence-corrected chi connectivity index (χ2v) is 7.41. The SMILES string of the molecule is O=C(CSc1ccc(-c2ccc(Cl)cc2)nn1)N1CCc2ccccc21. The van der Waals surface area contributed by atoms with Gasteiger partial charge in [0.25, 0.3) is 0 Å². The molecule has 4 nitrogen and oxygen atoms in total. The Hall–Kier alpha value is -2.37. The van der Waals surface area contributed by atoms with Crippen LogP contribution in [0.5, 0.6) is 0 Å². The smallest absolute Gasteiger partial charge is 0.237 e. The number of thioether (sulfide) groups is 1. The van der Waals surface area contributed by atoms with Crippen LogP contribution >= 0.6 is 23.4 Å². The largest absolute Gasteiger partial charge is 0.311 e. The number of amides is 1. The fraction of sp³-hybridized carbons (Fsp3) is 0.150. The molecule has 0 fully saturated rings. The van der Waals surface area contributed by atoms with Crippen molar-refractivity contribution < 1.29 is 4.79 Å². The Morgan fingerprint density at radius 3 is 2.62 bits per heavy atom. The third-order valence-electron chi connectivity index (χ3n) is 4.31. The van der Waals surface area contributed by atoms with E-state index < -0.39 is 0 Å². The number of para-hydroxylation sites is 1. The Bertz CT molecular complexity index is 929. The van der Waals surface area contributed by atoms with E-state index in [0.29, 0.717) is 10.8 Å². The first-order chi connectivity index (χ1) is 12.7. The van der Waals surface area contributed by atoms with Crippen LogP contribution in [0, 0.1) is 0 Å². The van der Waals surface area contributed by atoms with E-state index in [2.05, 4.69) is 16.3 Å². The molecule has 4 rings (SSSR count). The summed E-state index contributed by atoms with van der Waals surface area (Å²) in [4.78, 5) is 14.4. The van der Waals surface area contributed by atoms with E-state index in [-0.39, 0.29) is 5.91 Å². The zero-order valence-electron chi connectivity index (χ0n) is 13.9. The van der Waals surface area contributed by atoms with Crippen molar-refractivity contribution in [1.82, 2.24) is 10.2 Å². The molecule has 1 aromatic heterocycles. The minimum absolute atomic E-state index is 0.100. The summed E-state index contributed by atoms with van der Waals surface area (Å²) in [6, 6.07) is 19.4. The first-order valence-corrected chi connectivity index (χ1v) is 9.68. The molecule has 3 aromatic rings. The van der Waals surface area contributed by atoms with Gasteiger partial charge in [-0.15, -0.1) is 10.2 Å². The van der Waals surface area contributed by atoms with Gasteiger partial charge in [-0.3, -0.25) is 4.79 Å². The highest BCUT2D eigenvalue weighted by molar-refractivity contribution is 7.99. The van der Waals surface area contributed by atoms with Gasteiger partial charge in [-0.2, -0.15) is 0 Å². The van der Waals surface area contributed by atoms with Crippen molar-refractivity contribution in [3.05, 3.63) is 71.2 Å². The van der Waals surface area contributed by atoms with Crippen LogP contribution < -0.4 is 4.90 Å². The van der Waals surface area contributed by atoms with E-state index in [1.54, 1.807) is 0 Å². The third-order valence-corrected chi connectivity index (χ3v) is 5.47. The van der Waals surface area contributed by atoms with E-state index >= 15 is 0 Å². The van der Waals surface area contributed by atoms with Gasteiger partial charge in [0.15, 0.2) is 0 Å². The molecule has 0 saturated carbocycles. The standard InChI is InChI=1S/C20H16ClN3OS/c21-16-7-5-14(6-8-16)17-9-10-19(23-22-17)26-13-20(25)24-12-11-15-3-1-2-4-18(15)24/h1-10H,11-13H2. The number of hydrogen-bond donors (Lipinski definition) is 0. The molecule has 0 unspecified atom stereocenters. The quantitative estimate of drug-likeness (QED) is 0.625. The van der Waals surface area contributed by atoms with Gasteiger partial charge in [0.1, 0.15) is 5.03 Å². The summed E-state index contributed by atoms with van der Waals surface area (Å²) in [5.41, 5.74) is 4.01. The van der Waals surface area contributed by atoms with Gasteiger partial charge in [-0.05, 0) is 42.3 Å². The lowest BCUT2D eigenvalue weighted by molar-refractivity contribution is -0.116. The van der Waals surface area contributed by atoms with Gasteiger partial charge in [0, 0.05) is 22.8 Å². The summed E-state index contributed by atoms with van der Waals surface area (Å²) in [5.74, 6) is 0.451. The first-order valence-electron chi connectivity index (χ1n) is 8.31. The van der Waals surface area contributed by atoms with E-state index in [0.717, 1.165) is 34.9 Å². The van der Waals surface area contributed by atoms with Crippen LogP contribution in [0.3, 0.4) is 0 Å². The number of aromatic nitrogens is 2. The molecule has 0 aliphatic carbocycles. The topological polar surface area (TPSA) is 46.1 Å². The average molecular weight is 382 g/mol. The van der Waals surface area contributed by atoms with Gasteiger partial charge in [0.05, 0.1) is 11.4 Å². The molecule has 2 aromatic carbocycles. The molecule has 1 amide bonds. The van der Waals surface area contributed by atoms with Crippen molar-refractivity contribution in [2.75, 3.05) is 17.2 Å². The zero-order chi connectivity index (χ0) is 17.9. The van der Waals surface area contributed by atoms with Crippen molar-refractivity contribution in [3.63, 3.8) is 0 Å². The Labute approximate surface area is 161 Å². The number of carbonyl (C=O) groups excluding carboxylic acids is 1. The molecule has 0 N–H and O–H groups in total. The maximum atomic E-state index is 12.5. The Morgan fingerprint density at radius 2 is 1.85 bits per heavy atom. The molecule has 0 spiro atoms. The van der Waals surface area contributed by atoms with Gasteiger partial charge < -0.3 is 4.90 Å². The number of nitrogens with zero attached hydrogens (tertiary/aromatic N) is 3. The van der Waals surface area contributed by atoms with Gasteiger partial charge in [0.2, 0.25) is 5.91 Å². The number of benzene rings is 2. The third kappa shape index (κ3) is 3.59. The maximum absolute atomic E-state index is 12.5. The summed E-state index contributed by atoms with van der Waals surface area (Å²) in [6.45, 7) is 0.750. The lowest BCUT2D eigenvalue weighted by Crippen LogP contribution is -2.30. The second kappa shape index (κ2) is 7.48. The molecular weight excluding hydrogens is 366 g/mol. The normalized spacial score (nSPS) is 12.9. The summed E-state index contributed by atoms with van der Waals surface area (Å²) in [5, 5.41) is 9.91. The van der Waals surface area contributed by atoms with Crippen molar-refractivity contribution in [2.24, 2.45) is 0 Å². The van der Waals surface area contributed by atoms with Crippen LogP contribution in [0.1, 0.15) is 5.56 Å². The highest BCUT2D eigenvalue weighted by Gasteiger charge is 2.23. The number of rotatable bonds is 4. The molecule has 0 saturated heterocycles. The van der Waals surface area contributed by atoms with Crippen molar-refractivity contribution in [2.45, 2.75) is 11.4 Å². The van der Waals surface area contributed by atoms with Gasteiger partial charge >= 0.3 is 0 Å². The molecule has 2 heterocycles. The Balaban J connectivity index is 1.39. The first kappa shape index (κ1) is 17.1. The van der Waals surface area contributed by atoms with Crippen LogP contribution in [0.4, 0.5) is 5.69 Å². The number of carbonyl (C=O) groups is 1. The molecule has 1 aliphatic heterocycles. The molecule has 6 heteroatoms. The maximum Gasteiger partial charge on any atom is 0.237 e. The second-order valence-electron chi connectivity index (χ2n) is 5.98. The monoisotopic (exact) mass is 381 g/mol. The van der Waals surface area contributed by atoms with Crippen LogP contribution in [0.25, 0.3) is 11.3 Å². The summed E-state index contributed by atoms with van der Waals surface area (Å²) >= 11 is 7.32. The highest BCUT2D eigenvalue weighted by atomic mass is 35.5. The zero-order valence-corrected chi connectivity index (χ0v) is 15.5. The number of hydrogen-bond acceptors (Lipinski definition) is 4. The fourth-order valence-electron chi connectivity index (χ4n) is 2.98. The van der Waals surface area contributed by atoms with Crippen molar-refractivity contribution in [3.8, 4) is 11.3 Å². The molecule has 0 atom stereocenters. The van der Waals surface area contributed by atoms with Crippen LogP contribution in [-0.4, -0.2) is 28.4 Å².